The van der Waals surface area contributed by atoms with Gasteiger partial charge in [-0.3, -0.25) is 4.79 Å². The molecule has 2 saturated carbocycles. The van der Waals surface area contributed by atoms with Gasteiger partial charge in [-0.2, -0.15) is 0 Å². The van der Waals surface area contributed by atoms with Crippen LogP contribution in [0.4, 0.5) is 0 Å². The molecule has 2 aromatic carbocycles. The van der Waals surface area contributed by atoms with Crippen LogP contribution in [0.1, 0.15) is 35.6 Å². The van der Waals surface area contributed by atoms with Gasteiger partial charge in [-0.25, -0.2) is 0 Å². The number of para-hydroxylation sites is 1. The fourth-order valence-corrected chi connectivity index (χ4v) is 9.37. The first kappa shape index (κ1) is 17.4. The molecule has 7 rings (SSSR count). The lowest BCUT2D eigenvalue weighted by Crippen LogP contribution is -2.33. The average Bonchev–Trinajstić information content (AvgIpc) is 3.54. The summed E-state index contributed by atoms with van der Waals surface area (Å²) in [6, 6.07) is 19.4. The fourth-order valence-electron chi connectivity index (χ4n) is 6.49. The minimum absolute atomic E-state index is 0.0888. The lowest BCUT2D eigenvalue weighted by molar-refractivity contribution is 0.309. The molecule has 150 valence electrons. The zero-order valence-corrected chi connectivity index (χ0v) is 18.1. The second kappa shape index (κ2) is 6.38. The number of hydrogen-bond acceptors (Lipinski definition) is 3. The average molecular weight is 431 g/mol. The third-order valence-corrected chi connectivity index (χ3v) is 10.2. The van der Waals surface area contributed by atoms with Crippen molar-refractivity contribution in [3.63, 3.8) is 0 Å². The van der Waals surface area contributed by atoms with Crippen LogP contribution < -0.4 is 4.87 Å². The molecule has 2 fully saturated rings. The van der Waals surface area contributed by atoms with Crippen molar-refractivity contribution in [1.29, 1.82) is 0 Å². The maximum atomic E-state index is 12.4. The van der Waals surface area contributed by atoms with Crippen LogP contribution in [0.5, 0.6) is 0 Å². The molecule has 30 heavy (non-hydrogen) atoms. The van der Waals surface area contributed by atoms with E-state index in [1.165, 1.54) is 63.2 Å². The van der Waals surface area contributed by atoms with Crippen molar-refractivity contribution in [2.45, 2.75) is 35.5 Å². The third-order valence-electron chi connectivity index (χ3n) is 7.59. The lowest BCUT2D eigenvalue weighted by Gasteiger charge is -2.40. The van der Waals surface area contributed by atoms with Crippen molar-refractivity contribution in [1.82, 2.24) is 9.97 Å². The molecular formula is C25H22N2OS2. The molecule has 3 heterocycles. The summed E-state index contributed by atoms with van der Waals surface area (Å²) in [6.07, 6.45) is 4.07. The summed E-state index contributed by atoms with van der Waals surface area (Å²) < 4.78 is 0. The highest BCUT2D eigenvalue weighted by Crippen LogP contribution is 2.64. The molecule has 3 nitrogen and oxygen atoms in total. The molecule has 0 saturated heterocycles. The molecule has 0 unspecified atom stereocenters. The Hall–Kier alpha value is -2.24. The van der Waals surface area contributed by atoms with E-state index in [0.29, 0.717) is 11.2 Å². The van der Waals surface area contributed by atoms with Gasteiger partial charge in [0.15, 0.2) is 0 Å². The molecule has 3 aliphatic rings. The summed E-state index contributed by atoms with van der Waals surface area (Å²) in [5.41, 5.74) is 5.04. The van der Waals surface area contributed by atoms with E-state index in [-0.39, 0.29) is 10.8 Å². The number of fused-ring (bicyclic) bond motifs is 7. The number of H-pyrrole nitrogens is 2. The van der Waals surface area contributed by atoms with Crippen LogP contribution >= 0.6 is 23.1 Å². The summed E-state index contributed by atoms with van der Waals surface area (Å²) in [5.74, 6) is 2.49. The maximum Gasteiger partial charge on any atom is 0.305 e. The number of aromatic amines is 2. The zero-order valence-electron chi connectivity index (χ0n) is 16.4. The predicted octanol–water partition coefficient (Wildman–Crippen LogP) is 6.24. The monoisotopic (exact) mass is 430 g/mol. The number of thioether (sulfide) groups is 1. The largest absolute Gasteiger partial charge is 0.354 e. The second-order valence-electron chi connectivity index (χ2n) is 9.00. The van der Waals surface area contributed by atoms with E-state index in [1.54, 1.807) is 0 Å². The Bertz CT molecular complexity index is 1320. The van der Waals surface area contributed by atoms with Crippen LogP contribution in [-0.2, 0) is 0 Å². The number of thiazole rings is 1. The normalized spacial score (nSPS) is 29.3. The second-order valence-corrected chi connectivity index (χ2v) is 11.2. The van der Waals surface area contributed by atoms with Gasteiger partial charge in [-0.15, -0.1) is 11.8 Å². The van der Waals surface area contributed by atoms with Crippen LogP contribution in [0.15, 0.2) is 64.4 Å². The van der Waals surface area contributed by atoms with Crippen molar-refractivity contribution in [3.05, 3.63) is 74.7 Å². The van der Waals surface area contributed by atoms with Gasteiger partial charge in [0.2, 0.25) is 0 Å². The summed E-state index contributed by atoms with van der Waals surface area (Å²) >= 11 is 3.40. The third kappa shape index (κ3) is 2.36. The van der Waals surface area contributed by atoms with E-state index in [1.807, 2.05) is 11.8 Å². The number of hydrogen-bond donors (Lipinski definition) is 2. The molecule has 0 amide bonds. The van der Waals surface area contributed by atoms with Crippen LogP contribution in [0.3, 0.4) is 0 Å². The Labute approximate surface area is 182 Å². The number of aromatic nitrogens is 2. The Morgan fingerprint density at radius 1 is 0.900 bits per heavy atom. The van der Waals surface area contributed by atoms with Gasteiger partial charge in [0.05, 0.1) is 10.7 Å². The molecular weight excluding hydrogens is 408 g/mol. The van der Waals surface area contributed by atoms with E-state index in [0.717, 1.165) is 16.9 Å². The van der Waals surface area contributed by atoms with E-state index in [9.17, 15) is 4.79 Å². The molecule has 2 aromatic heterocycles. The van der Waals surface area contributed by atoms with E-state index < -0.39 is 0 Å². The van der Waals surface area contributed by atoms with Gasteiger partial charge in [0.1, 0.15) is 0 Å². The first-order valence-electron chi connectivity index (χ1n) is 10.8. The molecule has 4 aromatic rings. The Morgan fingerprint density at radius 3 is 2.60 bits per heavy atom. The molecule has 0 radical (unpaired) electrons. The molecule has 5 atom stereocenters. The standard InChI is InChI=1S/C25H22N2OS2/c28-25-27-24-23(30-25)20(18-14-10-11-15(12-14)22(18)29-24)19-16-8-4-5-9-17(16)26-21(19)13-6-2-1-3-7-13/h1-9,14-15,18,20,22,26H,10-12H2,(H,27,28)/t14-,15-,18+,20-,22-/m0/s1. The first-order valence-corrected chi connectivity index (χ1v) is 12.5. The van der Waals surface area contributed by atoms with Crippen LogP contribution in [0.25, 0.3) is 22.2 Å². The van der Waals surface area contributed by atoms with Gasteiger partial charge in [-0.1, -0.05) is 59.9 Å². The van der Waals surface area contributed by atoms with Crippen molar-refractivity contribution in [2.75, 3.05) is 0 Å². The molecule has 2 bridgehead atoms. The maximum absolute atomic E-state index is 12.4. The number of benzene rings is 2. The van der Waals surface area contributed by atoms with Crippen molar-refractivity contribution >= 4 is 34.0 Å². The summed E-state index contributed by atoms with van der Waals surface area (Å²) in [7, 11) is 0. The van der Waals surface area contributed by atoms with E-state index in [2.05, 4.69) is 64.6 Å². The Morgan fingerprint density at radius 2 is 1.70 bits per heavy atom. The van der Waals surface area contributed by atoms with E-state index >= 15 is 0 Å². The van der Waals surface area contributed by atoms with Crippen LogP contribution in [0, 0.1) is 17.8 Å². The van der Waals surface area contributed by atoms with Gasteiger partial charge < -0.3 is 9.97 Å². The first-order chi connectivity index (χ1) is 14.8. The van der Waals surface area contributed by atoms with Gasteiger partial charge in [0, 0.05) is 26.9 Å². The zero-order chi connectivity index (χ0) is 19.8. The Balaban J connectivity index is 1.54. The van der Waals surface area contributed by atoms with Gasteiger partial charge in [0.25, 0.3) is 0 Å². The SMILES string of the molecule is O=c1[nH]c2c(s1)[C@H](c1c(-c3ccccc3)[nH]c3ccccc13)[C@H]1[C@H]3CC[C@@H](C3)[C@@H]1S2. The number of nitrogens with one attached hydrogen (secondary N) is 2. The summed E-state index contributed by atoms with van der Waals surface area (Å²) in [5, 5.41) is 3.07. The van der Waals surface area contributed by atoms with Gasteiger partial charge >= 0.3 is 4.87 Å². The fraction of sp³-hybridized carbons (Fsp3) is 0.320. The highest BCUT2D eigenvalue weighted by molar-refractivity contribution is 8.00. The smallest absolute Gasteiger partial charge is 0.305 e. The molecule has 5 heteroatoms. The lowest BCUT2D eigenvalue weighted by atomic mass is 9.73. The minimum atomic E-state index is 0.0888. The van der Waals surface area contributed by atoms with Crippen LogP contribution in [0.2, 0.25) is 0 Å². The van der Waals surface area contributed by atoms with E-state index in [4.69, 9.17) is 0 Å². The Kier molecular flexibility index (Phi) is 3.71. The molecule has 1 aliphatic heterocycles. The highest BCUT2D eigenvalue weighted by Gasteiger charge is 2.55. The van der Waals surface area contributed by atoms with Gasteiger partial charge in [-0.05, 0) is 54.2 Å². The highest BCUT2D eigenvalue weighted by atomic mass is 32.2. The van der Waals surface area contributed by atoms with Crippen molar-refractivity contribution in [3.8, 4) is 11.3 Å². The quantitative estimate of drug-likeness (QED) is 0.396. The van der Waals surface area contributed by atoms with Crippen molar-refractivity contribution < 1.29 is 0 Å². The van der Waals surface area contributed by atoms with Crippen molar-refractivity contribution in [2.24, 2.45) is 17.8 Å². The minimum Gasteiger partial charge on any atom is -0.354 e. The van der Waals surface area contributed by atoms with Crippen LogP contribution in [-0.4, -0.2) is 15.2 Å². The molecule has 0 spiro atoms. The summed E-state index contributed by atoms with van der Waals surface area (Å²) in [6.45, 7) is 0. The topological polar surface area (TPSA) is 48.6 Å². The summed E-state index contributed by atoms with van der Waals surface area (Å²) in [4.78, 5) is 20.7. The molecule has 2 N–H and O–H groups in total. The number of rotatable bonds is 2. The predicted molar refractivity (Wildman–Crippen MR) is 124 cm³/mol. The molecule has 2 aliphatic carbocycles.